The van der Waals surface area contributed by atoms with Crippen molar-refractivity contribution >= 4 is 17.7 Å². The molecule has 2 aliphatic heterocycles. The minimum atomic E-state index is -1.03. The molecule has 7 heteroatoms. The summed E-state index contributed by atoms with van der Waals surface area (Å²) in [7, 11) is 1.87. The van der Waals surface area contributed by atoms with Crippen LogP contribution in [0.3, 0.4) is 0 Å². The largest absolute Gasteiger partial charge is 0.477 e. The average Bonchev–Trinajstić information content (AvgIpc) is 3.11. The molecule has 0 bridgehead atoms. The van der Waals surface area contributed by atoms with E-state index in [1.165, 1.54) is 0 Å². The third kappa shape index (κ3) is 3.37. The lowest BCUT2D eigenvalue weighted by atomic mass is 9.73. The summed E-state index contributed by atoms with van der Waals surface area (Å²) in [5.74, 6) is -0.110. The van der Waals surface area contributed by atoms with Gasteiger partial charge in [-0.25, -0.2) is 4.79 Å². The first-order chi connectivity index (χ1) is 13.5. The molecule has 1 aromatic carbocycles. The number of carboxylic acids is 1. The molecule has 1 aromatic heterocycles. The average molecular weight is 383 g/mol. The summed E-state index contributed by atoms with van der Waals surface area (Å²) in [6, 6.07) is 9.21. The molecule has 148 valence electrons. The lowest BCUT2D eigenvalue weighted by Crippen LogP contribution is -2.41. The van der Waals surface area contributed by atoms with E-state index in [0.29, 0.717) is 23.6 Å². The second-order valence-electron chi connectivity index (χ2n) is 7.93. The number of aromatic nitrogens is 1. The Morgan fingerprint density at radius 2 is 1.79 bits per heavy atom. The van der Waals surface area contributed by atoms with Gasteiger partial charge in [-0.3, -0.25) is 4.79 Å². The third-order valence-corrected chi connectivity index (χ3v) is 6.32. The number of hydrogen-bond acceptors (Lipinski definition) is 5. The molecule has 1 spiro atoms. The number of rotatable bonds is 3. The maximum atomic E-state index is 12.0. The highest BCUT2D eigenvalue weighted by Crippen LogP contribution is 2.43. The molecule has 1 amide bonds. The molecule has 0 radical (unpaired) electrons. The Morgan fingerprint density at radius 1 is 1.11 bits per heavy atom. The number of likely N-dealkylation sites (tertiary alicyclic amines) is 1. The van der Waals surface area contributed by atoms with Crippen molar-refractivity contribution in [3.8, 4) is 11.3 Å². The number of piperidine rings is 1. The van der Waals surface area contributed by atoms with Gasteiger partial charge >= 0.3 is 5.97 Å². The Morgan fingerprint density at radius 3 is 2.46 bits per heavy atom. The van der Waals surface area contributed by atoms with Crippen molar-refractivity contribution in [3.63, 3.8) is 0 Å². The van der Waals surface area contributed by atoms with Gasteiger partial charge in [0.1, 0.15) is 0 Å². The molecular weight excluding hydrogens is 358 g/mol. The van der Waals surface area contributed by atoms with Crippen molar-refractivity contribution < 1.29 is 19.2 Å². The van der Waals surface area contributed by atoms with Gasteiger partial charge in [-0.05, 0) is 31.1 Å². The Balaban J connectivity index is 1.55. The molecule has 4 rings (SSSR count). The van der Waals surface area contributed by atoms with E-state index in [1.54, 1.807) is 0 Å². The van der Waals surface area contributed by atoms with Crippen LogP contribution in [0.1, 0.15) is 42.5 Å². The van der Waals surface area contributed by atoms with Crippen molar-refractivity contribution in [3.05, 3.63) is 35.9 Å². The molecule has 0 aliphatic carbocycles. The predicted octanol–water partition coefficient (Wildman–Crippen LogP) is 3.27. The fourth-order valence-electron chi connectivity index (χ4n) is 4.39. The molecule has 2 fully saturated rings. The molecule has 0 saturated carbocycles. The Labute approximate surface area is 163 Å². The normalized spacial score (nSPS) is 19.7. The van der Waals surface area contributed by atoms with Crippen molar-refractivity contribution in [1.29, 1.82) is 0 Å². The maximum Gasteiger partial charge on any atom is 0.343 e. The van der Waals surface area contributed by atoms with Gasteiger partial charge in [0.2, 0.25) is 5.91 Å². The van der Waals surface area contributed by atoms with Crippen LogP contribution in [0.15, 0.2) is 34.9 Å². The molecule has 0 unspecified atom stereocenters. The highest BCUT2D eigenvalue weighted by molar-refractivity contribution is 5.99. The zero-order valence-electron chi connectivity index (χ0n) is 16.1. The van der Waals surface area contributed by atoms with Crippen LogP contribution in [0.2, 0.25) is 0 Å². The maximum absolute atomic E-state index is 12.0. The fraction of sp³-hybridized carbons (Fsp3) is 0.476. The number of aromatic carboxylic acids is 1. The van der Waals surface area contributed by atoms with Gasteiger partial charge in [-0.15, -0.1) is 0 Å². The SMILES string of the molecule is CN1CCC2(CCC1=O)CCN(c1noc(-c3ccccc3)c1C(=O)O)CC2. The topological polar surface area (TPSA) is 86.9 Å². The minimum absolute atomic E-state index is 0.123. The van der Waals surface area contributed by atoms with Crippen LogP contribution < -0.4 is 4.90 Å². The van der Waals surface area contributed by atoms with Gasteiger partial charge in [0, 0.05) is 38.7 Å². The fourth-order valence-corrected chi connectivity index (χ4v) is 4.39. The van der Waals surface area contributed by atoms with Crippen molar-refractivity contribution in [1.82, 2.24) is 10.1 Å². The van der Waals surface area contributed by atoms with E-state index >= 15 is 0 Å². The van der Waals surface area contributed by atoms with Crippen LogP contribution >= 0.6 is 0 Å². The molecule has 3 heterocycles. The minimum Gasteiger partial charge on any atom is -0.477 e. The Kier molecular flexibility index (Phi) is 4.83. The summed E-state index contributed by atoms with van der Waals surface area (Å²) < 4.78 is 5.46. The van der Waals surface area contributed by atoms with E-state index in [0.717, 1.165) is 45.3 Å². The molecule has 7 nitrogen and oxygen atoms in total. The highest BCUT2D eigenvalue weighted by atomic mass is 16.5. The van der Waals surface area contributed by atoms with Crippen LogP contribution in [-0.2, 0) is 4.79 Å². The van der Waals surface area contributed by atoms with E-state index < -0.39 is 5.97 Å². The van der Waals surface area contributed by atoms with Gasteiger partial charge in [0.25, 0.3) is 0 Å². The number of hydrogen-bond donors (Lipinski definition) is 1. The van der Waals surface area contributed by atoms with Gasteiger partial charge in [0.05, 0.1) is 0 Å². The van der Waals surface area contributed by atoms with Gasteiger partial charge in [-0.2, -0.15) is 0 Å². The molecule has 28 heavy (non-hydrogen) atoms. The van der Waals surface area contributed by atoms with Crippen LogP contribution in [0.4, 0.5) is 5.82 Å². The first kappa shape index (κ1) is 18.5. The summed E-state index contributed by atoms with van der Waals surface area (Å²) >= 11 is 0. The van der Waals surface area contributed by atoms with Gasteiger partial charge < -0.3 is 19.4 Å². The van der Waals surface area contributed by atoms with Crippen molar-refractivity contribution in [2.75, 3.05) is 31.6 Å². The molecular formula is C21H25N3O4. The summed E-state index contributed by atoms with van der Waals surface area (Å²) in [4.78, 5) is 27.8. The summed E-state index contributed by atoms with van der Waals surface area (Å²) in [6.07, 6.45) is 4.37. The zero-order valence-corrected chi connectivity index (χ0v) is 16.1. The Hall–Kier alpha value is -2.83. The zero-order chi connectivity index (χ0) is 19.7. The van der Waals surface area contributed by atoms with Crippen LogP contribution in [-0.4, -0.2) is 53.7 Å². The molecule has 2 aromatic rings. The van der Waals surface area contributed by atoms with Gasteiger partial charge in [-0.1, -0.05) is 35.5 Å². The Bertz CT molecular complexity index is 869. The van der Waals surface area contributed by atoms with Crippen LogP contribution in [0.25, 0.3) is 11.3 Å². The first-order valence-electron chi connectivity index (χ1n) is 9.76. The number of carbonyl (C=O) groups is 2. The number of anilines is 1. The first-order valence-corrected chi connectivity index (χ1v) is 9.76. The van der Waals surface area contributed by atoms with E-state index in [4.69, 9.17) is 4.52 Å². The summed E-state index contributed by atoms with van der Waals surface area (Å²) in [6.45, 7) is 2.24. The lowest BCUT2D eigenvalue weighted by Gasteiger charge is -2.41. The van der Waals surface area contributed by atoms with Crippen LogP contribution in [0, 0.1) is 5.41 Å². The number of amides is 1. The highest BCUT2D eigenvalue weighted by Gasteiger charge is 2.39. The number of carboxylic acid groups (broad SMARTS) is 1. The van der Waals surface area contributed by atoms with Crippen molar-refractivity contribution in [2.45, 2.75) is 32.1 Å². The lowest BCUT2D eigenvalue weighted by molar-refractivity contribution is -0.129. The van der Waals surface area contributed by atoms with E-state index in [1.807, 2.05) is 47.2 Å². The van der Waals surface area contributed by atoms with E-state index in [-0.39, 0.29) is 16.9 Å². The third-order valence-electron chi connectivity index (χ3n) is 6.32. The number of carbonyl (C=O) groups excluding carboxylic acids is 1. The monoisotopic (exact) mass is 383 g/mol. The number of benzene rings is 1. The predicted molar refractivity (Wildman–Crippen MR) is 104 cm³/mol. The van der Waals surface area contributed by atoms with E-state index in [9.17, 15) is 14.7 Å². The molecule has 0 atom stereocenters. The molecule has 1 N–H and O–H groups in total. The second-order valence-corrected chi connectivity index (χ2v) is 7.93. The summed E-state index contributed by atoms with van der Waals surface area (Å²) in [5, 5.41) is 13.9. The smallest absolute Gasteiger partial charge is 0.343 e. The number of nitrogens with zero attached hydrogens (tertiary/aromatic N) is 3. The molecule has 2 saturated heterocycles. The van der Waals surface area contributed by atoms with Crippen LogP contribution in [0.5, 0.6) is 0 Å². The second kappa shape index (κ2) is 7.30. The quantitative estimate of drug-likeness (QED) is 0.875. The van der Waals surface area contributed by atoms with E-state index in [2.05, 4.69) is 5.16 Å². The summed E-state index contributed by atoms with van der Waals surface area (Å²) in [5.41, 5.74) is 0.988. The van der Waals surface area contributed by atoms with Gasteiger partial charge in [0.15, 0.2) is 17.1 Å². The van der Waals surface area contributed by atoms with Crippen molar-refractivity contribution in [2.24, 2.45) is 5.41 Å². The molecule has 2 aliphatic rings. The standard InChI is InChI=1S/C21H25N3O4/c1-23-12-9-21(8-7-16(23)25)10-13-24(14-11-21)19-17(20(26)27)18(28-22-19)15-5-3-2-4-6-15/h2-6H,7-14H2,1H3,(H,26,27).